The largest absolute Gasteiger partial charge is 0.421 e. The van der Waals surface area contributed by atoms with Crippen LogP contribution in [-0.4, -0.2) is 43.5 Å². The Kier molecular flexibility index (Phi) is 8.22. The van der Waals surface area contributed by atoms with Gasteiger partial charge in [0, 0.05) is 6.61 Å². The van der Waals surface area contributed by atoms with Crippen LogP contribution in [0.1, 0.15) is 38.7 Å². The van der Waals surface area contributed by atoms with Gasteiger partial charge in [0.2, 0.25) is 0 Å². The van der Waals surface area contributed by atoms with Crippen LogP contribution in [0, 0.1) is 5.82 Å². The van der Waals surface area contributed by atoms with Crippen molar-refractivity contribution < 1.29 is 18.7 Å². The molecule has 5 nitrogen and oxygen atoms in total. The van der Waals surface area contributed by atoms with Crippen LogP contribution >= 0.6 is 0 Å². The predicted molar refractivity (Wildman–Crippen MR) is 116 cm³/mol. The Morgan fingerprint density at radius 1 is 1.10 bits per heavy atom. The average Bonchev–Trinajstić information content (AvgIpc) is 2.77. The maximum atomic E-state index is 13.2. The van der Waals surface area contributed by atoms with Crippen molar-refractivity contribution in [2.24, 2.45) is 0 Å². The zero-order valence-corrected chi connectivity index (χ0v) is 17.9. The monoisotopic (exact) mass is 414 g/mol. The number of para-hydroxylation sites is 1. The summed E-state index contributed by atoms with van der Waals surface area (Å²) in [6.07, 6.45) is 2.68. The Hall–Kier alpha value is -2.44. The summed E-state index contributed by atoms with van der Waals surface area (Å²) in [5.74, 6) is -0.0635. The molecule has 0 radical (unpaired) electrons. The standard InChI is InChI=1S/C24H31FN2O3/c1-3-26(4-2)17-7-8-18-29-23-16-11-19-9-5-6-10-22(19)27(23)24(28)30-21-14-12-20(25)13-15-21/h5-6,9-10,12-15,23H,3-4,7-8,11,16-18H2,1-2H3. The number of aryl methyl sites for hydroxylation is 1. The van der Waals surface area contributed by atoms with Crippen LogP contribution in [0.5, 0.6) is 5.75 Å². The Balaban J connectivity index is 1.64. The number of hydrogen-bond donors (Lipinski definition) is 0. The third-order valence-corrected chi connectivity index (χ3v) is 5.49. The van der Waals surface area contributed by atoms with E-state index in [1.54, 1.807) is 4.90 Å². The van der Waals surface area contributed by atoms with Crippen LogP contribution in [0.25, 0.3) is 0 Å². The number of amides is 1. The molecular weight excluding hydrogens is 383 g/mol. The second kappa shape index (κ2) is 11.1. The first kappa shape index (κ1) is 22.2. The van der Waals surface area contributed by atoms with Crippen LogP contribution in [0.2, 0.25) is 0 Å². The normalized spacial score (nSPS) is 15.9. The van der Waals surface area contributed by atoms with E-state index in [9.17, 15) is 9.18 Å². The minimum absolute atomic E-state index is 0.308. The van der Waals surface area contributed by atoms with Gasteiger partial charge in [-0.15, -0.1) is 0 Å². The van der Waals surface area contributed by atoms with E-state index in [4.69, 9.17) is 9.47 Å². The van der Waals surface area contributed by atoms with E-state index < -0.39 is 6.09 Å². The first-order valence-electron chi connectivity index (χ1n) is 10.8. The van der Waals surface area contributed by atoms with Crippen LogP contribution < -0.4 is 9.64 Å². The van der Waals surface area contributed by atoms with Crippen LogP contribution in [0.4, 0.5) is 14.9 Å². The topological polar surface area (TPSA) is 42.0 Å². The first-order valence-corrected chi connectivity index (χ1v) is 10.8. The highest BCUT2D eigenvalue weighted by Gasteiger charge is 2.33. The number of carbonyl (C=O) groups excluding carboxylic acids is 1. The molecule has 1 aliphatic heterocycles. The van der Waals surface area contributed by atoms with Crippen LogP contribution in [-0.2, 0) is 11.2 Å². The summed E-state index contributed by atoms with van der Waals surface area (Å²) < 4.78 is 24.8. The van der Waals surface area contributed by atoms with Crippen LogP contribution in [0.3, 0.4) is 0 Å². The lowest BCUT2D eigenvalue weighted by Crippen LogP contribution is -2.47. The molecule has 1 heterocycles. The predicted octanol–water partition coefficient (Wildman–Crippen LogP) is 5.24. The Morgan fingerprint density at radius 3 is 2.57 bits per heavy atom. The fourth-order valence-corrected chi connectivity index (χ4v) is 3.74. The summed E-state index contributed by atoms with van der Waals surface area (Å²) in [4.78, 5) is 17.0. The Morgan fingerprint density at radius 2 is 1.83 bits per heavy atom. The van der Waals surface area contributed by atoms with Crippen molar-refractivity contribution in [3.05, 3.63) is 59.9 Å². The maximum Gasteiger partial charge on any atom is 0.421 e. The lowest BCUT2D eigenvalue weighted by atomic mass is 10.0. The quantitative estimate of drug-likeness (QED) is 0.526. The fraction of sp³-hybridized carbons (Fsp3) is 0.458. The van der Waals surface area contributed by atoms with Gasteiger partial charge in [0.1, 0.15) is 17.8 Å². The number of hydrogen-bond acceptors (Lipinski definition) is 4. The summed E-state index contributed by atoms with van der Waals surface area (Å²) in [5, 5.41) is 0. The van der Waals surface area contributed by atoms with Gasteiger partial charge >= 0.3 is 6.09 Å². The van der Waals surface area contributed by atoms with Crippen molar-refractivity contribution in [1.82, 2.24) is 4.90 Å². The molecule has 0 spiro atoms. The van der Waals surface area contributed by atoms with Gasteiger partial charge in [-0.05, 0) is 81.2 Å². The molecule has 0 saturated carbocycles. The molecule has 2 aromatic carbocycles. The van der Waals surface area contributed by atoms with Gasteiger partial charge in [-0.2, -0.15) is 0 Å². The summed E-state index contributed by atoms with van der Waals surface area (Å²) in [6.45, 7) is 8.10. The Labute approximate surface area is 178 Å². The van der Waals surface area contributed by atoms with E-state index in [0.717, 1.165) is 50.1 Å². The molecule has 1 amide bonds. The van der Waals surface area contributed by atoms with E-state index in [-0.39, 0.29) is 12.0 Å². The lowest BCUT2D eigenvalue weighted by Gasteiger charge is -2.36. The number of nitrogens with zero attached hydrogens (tertiary/aromatic N) is 2. The second-order valence-electron chi connectivity index (χ2n) is 7.42. The SMILES string of the molecule is CCN(CC)CCCCOC1CCc2ccccc2N1C(=O)Oc1ccc(F)cc1. The molecule has 0 N–H and O–H groups in total. The molecule has 0 aromatic heterocycles. The highest BCUT2D eigenvalue weighted by atomic mass is 19.1. The molecule has 0 fully saturated rings. The van der Waals surface area contributed by atoms with Crippen molar-refractivity contribution in [3.63, 3.8) is 0 Å². The average molecular weight is 415 g/mol. The number of halogens is 1. The molecule has 0 saturated heterocycles. The maximum absolute atomic E-state index is 13.2. The highest BCUT2D eigenvalue weighted by molar-refractivity contribution is 5.91. The molecule has 162 valence electrons. The van der Waals surface area contributed by atoms with Crippen molar-refractivity contribution in [1.29, 1.82) is 0 Å². The van der Waals surface area contributed by atoms with E-state index >= 15 is 0 Å². The molecule has 6 heteroatoms. The molecule has 1 aliphatic rings. The van der Waals surface area contributed by atoms with E-state index in [2.05, 4.69) is 18.7 Å². The summed E-state index contributed by atoms with van der Waals surface area (Å²) in [7, 11) is 0. The number of anilines is 1. The summed E-state index contributed by atoms with van der Waals surface area (Å²) >= 11 is 0. The van der Waals surface area contributed by atoms with Gasteiger partial charge in [-0.1, -0.05) is 32.0 Å². The molecule has 2 aromatic rings. The van der Waals surface area contributed by atoms with Crippen LogP contribution in [0.15, 0.2) is 48.5 Å². The van der Waals surface area contributed by atoms with Crippen molar-refractivity contribution in [2.75, 3.05) is 31.1 Å². The number of fused-ring (bicyclic) bond motifs is 1. The number of unbranched alkanes of at least 4 members (excludes halogenated alkanes) is 1. The fourth-order valence-electron chi connectivity index (χ4n) is 3.74. The number of carbonyl (C=O) groups is 1. The second-order valence-corrected chi connectivity index (χ2v) is 7.42. The molecule has 30 heavy (non-hydrogen) atoms. The van der Waals surface area contributed by atoms with Gasteiger partial charge in [0.15, 0.2) is 0 Å². The number of rotatable bonds is 9. The smallest absolute Gasteiger partial charge is 0.410 e. The minimum atomic E-state index is -0.512. The minimum Gasteiger partial charge on any atom is -0.410 e. The third-order valence-electron chi connectivity index (χ3n) is 5.49. The number of benzene rings is 2. The van der Waals surface area contributed by atoms with E-state index in [1.807, 2.05) is 24.3 Å². The molecule has 3 rings (SSSR count). The van der Waals surface area contributed by atoms with E-state index in [0.29, 0.717) is 18.8 Å². The molecule has 1 unspecified atom stereocenters. The van der Waals surface area contributed by atoms with Crippen molar-refractivity contribution in [3.8, 4) is 5.75 Å². The van der Waals surface area contributed by atoms with Crippen molar-refractivity contribution >= 4 is 11.8 Å². The van der Waals surface area contributed by atoms with Gasteiger partial charge < -0.3 is 14.4 Å². The first-order chi connectivity index (χ1) is 14.6. The molecular formula is C24H31FN2O3. The summed E-state index contributed by atoms with van der Waals surface area (Å²) in [6, 6.07) is 13.3. The van der Waals surface area contributed by atoms with Gasteiger partial charge in [0.25, 0.3) is 0 Å². The van der Waals surface area contributed by atoms with E-state index in [1.165, 1.54) is 24.3 Å². The van der Waals surface area contributed by atoms with Gasteiger partial charge in [0.05, 0.1) is 5.69 Å². The lowest BCUT2D eigenvalue weighted by molar-refractivity contribution is 0.0398. The molecule has 1 atom stereocenters. The van der Waals surface area contributed by atoms with Crippen molar-refractivity contribution in [2.45, 2.75) is 45.8 Å². The van der Waals surface area contributed by atoms with Gasteiger partial charge in [-0.25, -0.2) is 9.18 Å². The van der Waals surface area contributed by atoms with Gasteiger partial charge in [-0.3, -0.25) is 4.90 Å². The highest BCUT2D eigenvalue weighted by Crippen LogP contribution is 2.32. The molecule has 0 bridgehead atoms. The summed E-state index contributed by atoms with van der Waals surface area (Å²) in [5.41, 5.74) is 1.90. The number of ether oxygens (including phenoxy) is 2. The zero-order valence-electron chi connectivity index (χ0n) is 17.9. The third kappa shape index (κ3) is 5.80. The molecule has 0 aliphatic carbocycles. The zero-order chi connectivity index (χ0) is 21.3. The Bertz CT molecular complexity index is 808.